The number of hydrogen-bond acceptors (Lipinski definition) is 1. The summed E-state index contributed by atoms with van der Waals surface area (Å²) in [5.74, 6) is 0. The van der Waals surface area contributed by atoms with E-state index in [4.69, 9.17) is 5.73 Å². The summed E-state index contributed by atoms with van der Waals surface area (Å²) in [6, 6.07) is 0. The number of allylic oxidation sites excluding steroid dienone is 3. The van der Waals surface area contributed by atoms with Crippen molar-refractivity contribution in [1.82, 2.24) is 0 Å². The molecule has 0 amide bonds. The van der Waals surface area contributed by atoms with Crippen LogP contribution in [0.1, 0.15) is 13.8 Å². The van der Waals surface area contributed by atoms with E-state index in [1.807, 2.05) is 18.2 Å². The molecule has 8 heavy (non-hydrogen) atoms. The Kier molecular flexibility index (Phi) is 4.27. The third kappa shape index (κ3) is 5.44. The van der Waals surface area contributed by atoms with Crippen LogP contribution >= 0.6 is 0 Å². The molecule has 1 nitrogen and oxygen atoms in total. The summed E-state index contributed by atoms with van der Waals surface area (Å²) in [5, 5.41) is 0. The summed E-state index contributed by atoms with van der Waals surface area (Å²) >= 11 is 0. The lowest BCUT2D eigenvalue weighted by molar-refractivity contribution is 1.25. The van der Waals surface area contributed by atoms with Gasteiger partial charge in [-0.15, -0.1) is 0 Å². The average molecular weight is 111 g/mol. The molecule has 0 bridgehead atoms. The van der Waals surface area contributed by atoms with Crippen molar-refractivity contribution in [2.24, 2.45) is 5.73 Å². The van der Waals surface area contributed by atoms with Crippen LogP contribution in [0.3, 0.4) is 0 Å². The van der Waals surface area contributed by atoms with Gasteiger partial charge in [0.2, 0.25) is 0 Å². The van der Waals surface area contributed by atoms with Crippen molar-refractivity contribution in [2.45, 2.75) is 13.8 Å². The topological polar surface area (TPSA) is 26.0 Å². The molecule has 0 aromatic rings. The monoisotopic (exact) mass is 111 g/mol. The SMILES string of the molecule is CC(C)=C/C=C\CN. The van der Waals surface area contributed by atoms with Gasteiger partial charge in [-0.25, -0.2) is 0 Å². The first kappa shape index (κ1) is 7.44. The largest absolute Gasteiger partial charge is 0.327 e. The highest BCUT2D eigenvalue weighted by Crippen LogP contribution is 1.87. The van der Waals surface area contributed by atoms with Crippen LogP contribution in [-0.4, -0.2) is 6.54 Å². The zero-order chi connectivity index (χ0) is 6.41. The molecule has 0 aliphatic rings. The van der Waals surface area contributed by atoms with Gasteiger partial charge in [-0.2, -0.15) is 0 Å². The molecule has 0 spiro atoms. The fourth-order valence-corrected chi connectivity index (χ4v) is 0.339. The molecule has 0 saturated carbocycles. The summed E-state index contributed by atoms with van der Waals surface area (Å²) in [5.41, 5.74) is 6.50. The second kappa shape index (κ2) is 4.60. The maximum atomic E-state index is 5.20. The molecular weight excluding hydrogens is 98.1 g/mol. The summed E-state index contributed by atoms with van der Waals surface area (Å²) in [6.07, 6.45) is 5.93. The van der Waals surface area contributed by atoms with E-state index in [1.54, 1.807) is 0 Å². The molecule has 46 valence electrons. The van der Waals surface area contributed by atoms with Crippen LogP contribution in [0, 0.1) is 0 Å². The van der Waals surface area contributed by atoms with Crippen LogP contribution in [0.4, 0.5) is 0 Å². The van der Waals surface area contributed by atoms with Gasteiger partial charge < -0.3 is 5.73 Å². The van der Waals surface area contributed by atoms with Crippen molar-refractivity contribution in [1.29, 1.82) is 0 Å². The van der Waals surface area contributed by atoms with Gasteiger partial charge in [0.05, 0.1) is 0 Å². The molecule has 0 aromatic heterocycles. The van der Waals surface area contributed by atoms with Gasteiger partial charge in [-0.05, 0) is 13.8 Å². The number of hydrogen-bond donors (Lipinski definition) is 1. The van der Waals surface area contributed by atoms with Crippen LogP contribution < -0.4 is 5.73 Å². The van der Waals surface area contributed by atoms with Gasteiger partial charge >= 0.3 is 0 Å². The van der Waals surface area contributed by atoms with Crippen molar-refractivity contribution in [3.05, 3.63) is 23.8 Å². The van der Waals surface area contributed by atoms with Crippen LogP contribution in [0.25, 0.3) is 0 Å². The number of nitrogens with two attached hydrogens (primary N) is 1. The molecule has 0 rings (SSSR count). The molecule has 2 N–H and O–H groups in total. The highest BCUT2D eigenvalue weighted by Gasteiger charge is 1.67. The predicted octanol–water partition coefficient (Wildman–Crippen LogP) is 1.47. The van der Waals surface area contributed by atoms with Crippen molar-refractivity contribution < 1.29 is 0 Å². The van der Waals surface area contributed by atoms with Gasteiger partial charge in [-0.1, -0.05) is 23.8 Å². The average Bonchev–Trinajstić information content (AvgIpc) is 1.66. The molecule has 0 aliphatic carbocycles. The number of rotatable bonds is 2. The lowest BCUT2D eigenvalue weighted by atomic mass is 10.3. The van der Waals surface area contributed by atoms with E-state index in [2.05, 4.69) is 13.8 Å². The Labute approximate surface area is 50.9 Å². The van der Waals surface area contributed by atoms with Gasteiger partial charge in [0.15, 0.2) is 0 Å². The molecule has 0 atom stereocenters. The highest BCUT2D eigenvalue weighted by atomic mass is 14.5. The maximum Gasteiger partial charge on any atom is 0.0109 e. The fraction of sp³-hybridized carbons (Fsp3) is 0.429. The van der Waals surface area contributed by atoms with Gasteiger partial charge in [-0.3, -0.25) is 0 Å². The molecule has 0 saturated heterocycles. The Balaban J connectivity index is 3.42. The fourth-order valence-electron chi connectivity index (χ4n) is 0.339. The summed E-state index contributed by atoms with van der Waals surface area (Å²) in [4.78, 5) is 0. The molecule has 0 fully saturated rings. The standard InChI is InChI=1S/C7H13N/c1-7(2)5-3-4-6-8/h3-5H,6,8H2,1-2H3/b4-3-. The minimum atomic E-state index is 0.629. The van der Waals surface area contributed by atoms with Crippen LogP contribution in [0.2, 0.25) is 0 Å². The molecule has 1 heteroatoms. The molecule has 0 aliphatic heterocycles. The van der Waals surface area contributed by atoms with E-state index >= 15 is 0 Å². The van der Waals surface area contributed by atoms with Crippen molar-refractivity contribution in [3.8, 4) is 0 Å². The molecule has 0 radical (unpaired) electrons. The van der Waals surface area contributed by atoms with Crippen LogP contribution in [0.15, 0.2) is 23.8 Å². The first-order chi connectivity index (χ1) is 3.77. The Bertz CT molecular complexity index is 97.0. The Morgan fingerprint density at radius 3 is 2.50 bits per heavy atom. The summed E-state index contributed by atoms with van der Waals surface area (Å²) < 4.78 is 0. The lowest BCUT2D eigenvalue weighted by Crippen LogP contribution is -1.91. The van der Waals surface area contributed by atoms with Gasteiger partial charge in [0.25, 0.3) is 0 Å². The zero-order valence-electron chi connectivity index (χ0n) is 5.52. The Hall–Kier alpha value is -0.560. The van der Waals surface area contributed by atoms with E-state index in [0.717, 1.165) is 0 Å². The molecular formula is C7H13N. The first-order valence-corrected chi connectivity index (χ1v) is 2.77. The van der Waals surface area contributed by atoms with Crippen molar-refractivity contribution in [3.63, 3.8) is 0 Å². The predicted molar refractivity (Wildman–Crippen MR) is 37.6 cm³/mol. The van der Waals surface area contributed by atoms with Crippen molar-refractivity contribution in [2.75, 3.05) is 6.54 Å². The molecule has 0 heterocycles. The highest BCUT2D eigenvalue weighted by molar-refractivity contribution is 5.08. The van der Waals surface area contributed by atoms with E-state index in [0.29, 0.717) is 6.54 Å². The maximum absolute atomic E-state index is 5.20. The smallest absolute Gasteiger partial charge is 0.0109 e. The van der Waals surface area contributed by atoms with Crippen LogP contribution in [0.5, 0.6) is 0 Å². The third-order valence-corrected chi connectivity index (χ3v) is 0.702. The van der Waals surface area contributed by atoms with E-state index < -0.39 is 0 Å². The molecule has 0 unspecified atom stereocenters. The van der Waals surface area contributed by atoms with E-state index in [1.165, 1.54) is 5.57 Å². The summed E-state index contributed by atoms with van der Waals surface area (Å²) in [7, 11) is 0. The quantitative estimate of drug-likeness (QED) is 0.536. The normalized spacial score (nSPS) is 9.88. The first-order valence-electron chi connectivity index (χ1n) is 2.77. The minimum absolute atomic E-state index is 0.629. The van der Waals surface area contributed by atoms with E-state index in [-0.39, 0.29) is 0 Å². The minimum Gasteiger partial charge on any atom is -0.327 e. The third-order valence-electron chi connectivity index (χ3n) is 0.702. The van der Waals surface area contributed by atoms with E-state index in [9.17, 15) is 0 Å². The second-order valence-corrected chi connectivity index (χ2v) is 1.91. The van der Waals surface area contributed by atoms with Gasteiger partial charge in [0, 0.05) is 6.54 Å². The Morgan fingerprint density at radius 1 is 1.50 bits per heavy atom. The van der Waals surface area contributed by atoms with Gasteiger partial charge in [0.1, 0.15) is 0 Å². The van der Waals surface area contributed by atoms with Crippen molar-refractivity contribution >= 4 is 0 Å². The van der Waals surface area contributed by atoms with Crippen LogP contribution in [-0.2, 0) is 0 Å². The second-order valence-electron chi connectivity index (χ2n) is 1.91. The lowest BCUT2D eigenvalue weighted by Gasteiger charge is -1.80. The zero-order valence-corrected chi connectivity index (χ0v) is 5.52. The Morgan fingerprint density at radius 2 is 2.12 bits per heavy atom. The molecule has 0 aromatic carbocycles. The summed E-state index contributed by atoms with van der Waals surface area (Å²) in [6.45, 7) is 4.74.